The minimum Gasteiger partial charge on any atom is -0.486 e. The standard InChI is InChI=1S/C23H26N2O5S/c26-23(24-19-8-3-6-16-5-1-2-7-18(16)19)20-9-4-12-25(20)31(27,28)17-10-11-21-22(15-17)30-14-13-29-21/h1-2,5,7,10-11,15,19-20H,3-4,6,8-9,12-14H2,(H,24,26)/t19?,20-/m0/s1. The van der Waals surface area contributed by atoms with Gasteiger partial charge in [-0.3, -0.25) is 4.79 Å². The molecule has 2 atom stereocenters. The van der Waals surface area contributed by atoms with Crippen molar-refractivity contribution in [2.75, 3.05) is 19.8 Å². The summed E-state index contributed by atoms with van der Waals surface area (Å²) in [6.45, 7) is 1.15. The number of hydrogen-bond donors (Lipinski definition) is 1. The van der Waals surface area contributed by atoms with Crippen LogP contribution in [0.5, 0.6) is 11.5 Å². The lowest BCUT2D eigenvalue weighted by molar-refractivity contribution is -0.125. The van der Waals surface area contributed by atoms with Crippen molar-refractivity contribution in [1.82, 2.24) is 9.62 Å². The molecular weight excluding hydrogens is 416 g/mol. The number of hydrogen-bond acceptors (Lipinski definition) is 5. The van der Waals surface area contributed by atoms with Crippen LogP contribution in [0.4, 0.5) is 0 Å². The summed E-state index contributed by atoms with van der Waals surface area (Å²) in [5, 5.41) is 3.13. The molecule has 2 aromatic rings. The summed E-state index contributed by atoms with van der Waals surface area (Å²) in [5.41, 5.74) is 2.40. The predicted molar refractivity (Wildman–Crippen MR) is 115 cm³/mol. The van der Waals surface area contributed by atoms with Gasteiger partial charge in [0, 0.05) is 12.6 Å². The molecule has 2 aliphatic heterocycles. The fourth-order valence-electron chi connectivity index (χ4n) is 4.78. The molecule has 31 heavy (non-hydrogen) atoms. The summed E-state index contributed by atoms with van der Waals surface area (Å²) in [7, 11) is -3.83. The van der Waals surface area contributed by atoms with Crippen LogP contribution in [0.2, 0.25) is 0 Å². The number of ether oxygens (including phenoxy) is 2. The van der Waals surface area contributed by atoms with Gasteiger partial charge in [-0.25, -0.2) is 8.42 Å². The number of rotatable bonds is 4. The van der Waals surface area contributed by atoms with E-state index in [1.807, 2.05) is 12.1 Å². The third-order valence-electron chi connectivity index (χ3n) is 6.31. The fourth-order valence-corrected chi connectivity index (χ4v) is 6.45. The Hall–Kier alpha value is -2.58. The van der Waals surface area contributed by atoms with E-state index in [1.54, 1.807) is 6.07 Å². The second-order valence-corrected chi connectivity index (χ2v) is 10.1. The molecule has 2 heterocycles. The number of sulfonamides is 1. The molecule has 0 aromatic heterocycles. The van der Waals surface area contributed by atoms with Gasteiger partial charge in [-0.1, -0.05) is 24.3 Å². The Kier molecular flexibility index (Phi) is 5.35. The first-order chi connectivity index (χ1) is 15.0. The maximum atomic E-state index is 13.4. The summed E-state index contributed by atoms with van der Waals surface area (Å²) >= 11 is 0. The number of carbonyl (C=O) groups is 1. The van der Waals surface area contributed by atoms with Gasteiger partial charge in [-0.15, -0.1) is 0 Å². The number of amides is 1. The number of carbonyl (C=O) groups excluding carboxylic acids is 1. The monoisotopic (exact) mass is 442 g/mol. The second-order valence-electron chi connectivity index (χ2n) is 8.23. The first kappa shape index (κ1) is 20.3. The molecule has 0 spiro atoms. The second kappa shape index (κ2) is 8.16. The Morgan fingerprint density at radius 3 is 2.68 bits per heavy atom. The molecular formula is C23H26N2O5S. The van der Waals surface area contributed by atoms with Crippen molar-refractivity contribution < 1.29 is 22.7 Å². The van der Waals surface area contributed by atoms with Gasteiger partial charge in [-0.2, -0.15) is 4.31 Å². The molecule has 1 saturated heterocycles. The van der Waals surface area contributed by atoms with E-state index < -0.39 is 16.1 Å². The number of benzene rings is 2. The molecule has 0 saturated carbocycles. The number of aryl methyl sites for hydroxylation is 1. The maximum absolute atomic E-state index is 13.4. The van der Waals surface area contributed by atoms with Crippen LogP contribution in [0.3, 0.4) is 0 Å². The molecule has 1 aliphatic carbocycles. The van der Waals surface area contributed by atoms with E-state index in [4.69, 9.17) is 9.47 Å². The number of fused-ring (bicyclic) bond motifs is 2. The van der Waals surface area contributed by atoms with Gasteiger partial charge in [-0.05, 0) is 55.4 Å². The zero-order valence-electron chi connectivity index (χ0n) is 17.2. The van der Waals surface area contributed by atoms with Gasteiger partial charge in [0.25, 0.3) is 0 Å². The molecule has 3 aliphatic rings. The van der Waals surface area contributed by atoms with Crippen LogP contribution in [-0.2, 0) is 21.2 Å². The molecule has 7 nitrogen and oxygen atoms in total. The quantitative estimate of drug-likeness (QED) is 0.787. The Labute approximate surface area is 182 Å². The molecule has 1 unspecified atom stereocenters. The molecule has 2 aromatic carbocycles. The maximum Gasteiger partial charge on any atom is 0.243 e. The average Bonchev–Trinajstić information content (AvgIpc) is 3.30. The van der Waals surface area contributed by atoms with Crippen molar-refractivity contribution in [3.63, 3.8) is 0 Å². The minimum absolute atomic E-state index is 0.0723. The van der Waals surface area contributed by atoms with E-state index in [0.717, 1.165) is 24.8 Å². The van der Waals surface area contributed by atoms with Crippen molar-refractivity contribution in [1.29, 1.82) is 0 Å². The van der Waals surface area contributed by atoms with E-state index in [-0.39, 0.29) is 16.8 Å². The Bertz CT molecular complexity index is 1100. The average molecular weight is 443 g/mol. The van der Waals surface area contributed by atoms with Gasteiger partial charge in [0.15, 0.2) is 11.5 Å². The minimum atomic E-state index is -3.83. The SMILES string of the molecule is O=C(NC1CCCc2ccccc21)[C@@H]1CCCN1S(=O)(=O)c1ccc2c(c1)OCCO2. The molecule has 5 rings (SSSR count). The van der Waals surface area contributed by atoms with E-state index in [9.17, 15) is 13.2 Å². The number of nitrogens with zero attached hydrogens (tertiary/aromatic N) is 1. The van der Waals surface area contributed by atoms with Crippen LogP contribution in [0.25, 0.3) is 0 Å². The summed E-state index contributed by atoms with van der Waals surface area (Å²) < 4.78 is 39.1. The lowest BCUT2D eigenvalue weighted by Crippen LogP contribution is -2.47. The fraction of sp³-hybridized carbons (Fsp3) is 0.435. The Morgan fingerprint density at radius 2 is 1.81 bits per heavy atom. The van der Waals surface area contributed by atoms with Crippen molar-refractivity contribution in [2.24, 2.45) is 0 Å². The molecule has 0 radical (unpaired) electrons. The van der Waals surface area contributed by atoms with Crippen LogP contribution < -0.4 is 14.8 Å². The van der Waals surface area contributed by atoms with Crippen LogP contribution in [0.1, 0.15) is 42.9 Å². The lowest BCUT2D eigenvalue weighted by atomic mass is 9.87. The Balaban J connectivity index is 1.36. The molecule has 1 amide bonds. The highest BCUT2D eigenvalue weighted by Crippen LogP contribution is 2.35. The third-order valence-corrected chi connectivity index (χ3v) is 8.22. The lowest BCUT2D eigenvalue weighted by Gasteiger charge is -2.29. The zero-order valence-corrected chi connectivity index (χ0v) is 18.1. The third kappa shape index (κ3) is 3.78. The number of nitrogens with one attached hydrogen (secondary N) is 1. The van der Waals surface area contributed by atoms with Crippen LogP contribution >= 0.6 is 0 Å². The zero-order chi connectivity index (χ0) is 21.4. The first-order valence-corrected chi connectivity index (χ1v) is 12.3. The summed E-state index contributed by atoms with van der Waals surface area (Å²) in [5.74, 6) is 0.739. The van der Waals surface area contributed by atoms with E-state index in [2.05, 4.69) is 17.4 Å². The predicted octanol–water partition coefficient (Wildman–Crippen LogP) is 2.80. The van der Waals surface area contributed by atoms with Gasteiger partial charge in [0.05, 0.1) is 10.9 Å². The van der Waals surface area contributed by atoms with Crippen molar-refractivity contribution >= 4 is 15.9 Å². The summed E-state index contributed by atoms with van der Waals surface area (Å²) in [6, 6.07) is 12.0. The summed E-state index contributed by atoms with van der Waals surface area (Å²) in [4.78, 5) is 13.3. The summed E-state index contributed by atoms with van der Waals surface area (Å²) in [6.07, 6.45) is 4.06. The van der Waals surface area contributed by atoms with Gasteiger partial charge in [0.1, 0.15) is 19.3 Å². The van der Waals surface area contributed by atoms with Crippen molar-refractivity contribution in [3.05, 3.63) is 53.6 Å². The van der Waals surface area contributed by atoms with Crippen LogP contribution in [-0.4, -0.2) is 44.4 Å². The van der Waals surface area contributed by atoms with Gasteiger partial charge >= 0.3 is 0 Å². The highest BCUT2D eigenvalue weighted by Gasteiger charge is 2.40. The van der Waals surface area contributed by atoms with Crippen LogP contribution in [0.15, 0.2) is 47.4 Å². The Morgan fingerprint density at radius 1 is 1.00 bits per heavy atom. The highest BCUT2D eigenvalue weighted by molar-refractivity contribution is 7.89. The molecule has 0 bridgehead atoms. The molecule has 8 heteroatoms. The van der Waals surface area contributed by atoms with E-state index >= 15 is 0 Å². The molecule has 1 N–H and O–H groups in total. The van der Waals surface area contributed by atoms with Crippen LogP contribution in [0, 0.1) is 0 Å². The molecule has 1 fully saturated rings. The van der Waals surface area contributed by atoms with Gasteiger partial charge in [0.2, 0.25) is 15.9 Å². The van der Waals surface area contributed by atoms with E-state index in [0.29, 0.717) is 44.1 Å². The van der Waals surface area contributed by atoms with E-state index in [1.165, 1.54) is 22.0 Å². The van der Waals surface area contributed by atoms with Crippen molar-refractivity contribution in [3.8, 4) is 11.5 Å². The normalized spacial score (nSPS) is 23.2. The smallest absolute Gasteiger partial charge is 0.243 e. The topological polar surface area (TPSA) is 84.9 Å². The molecule has 164 valence electrons. The van der Waals surface area contributed by atoms with Crippen molar-refractivity contribution in [2.45, 2.75) is 49.1 Å². The largest absolute Gasteiger partial charge is 0.486 e. The highest BCUT2D eigenvalue weighted by atomic mass is 32.2. The first-order valence-electron chi connectivity index (χ1n) is 10.8. The van der Waals surface area contributed by atoms with Gasteiger partial charge < -0.3 is 14.8 Å².